The Labute approximate surface area is 288 Å². The number of hydrogen-bond donors (Lipinski definition) is 4. The first-order valence-corrected chi connectivity index (χ1v) is 16.4. The van der Waals surface area contributed by atoms with Crippen molar-refractivity contribution in [1.82, 2.24) is 19.9 Å². The van der Waals surface area contributed by atoms with Gasteiger partial charge in [0.15, 0.2) is 0 Å². The molecule has 8 bridgehead atoms. The van der Waals surface area contributed by atoms with Gasteiger partial charge in [-0.1, -0.05) is 84.9 Å². The first kappa shape index (κ1) is 29.2. The molecule has 0 unspecified atom stereocenters. The SMILES string of the molecule is Oc1ccc(-c2c3nc(c(-c4ccc(O)cc4)c4ccc([nH]4)c(-c4ccccc4)c4nc(c(-c5ccccc5)c5ccc2[nH]5)C=C4)C=C3)cc1. The molecule has 3 aromatic heterocycles. The molecule has 0 radical (unpaired) electrons. The molecule has 9 rings (SSSR count). The van der Waals surface area contributed by atoms with Crippen LogP contribution in [-0.4, -0.2) is 30.1 Å². The van der Waals surface area contributed by atoms with Crippen molar-refractivity contribution in [3.8, 4) is 56.0 Å². The zero-order valence-electron chi connectivity index (χ0n) is 26.8. The molecular weight excluding hydrogens is 617 g/mol. The quantitative estimate of drug-likeness (QED) is 0.153. The van der Waals surface area contributed by atoms with Crippen molar-refractivity contribution in [2.24, 2.45) is 0 Å². The molecule has 0 fully saturated rings. The fourth-order valence-electron chi connectivity index (χ4n) is 6.89. The maximum Gasteiger partial charge on any atom is 0.115 e. The molecule has 2 aliphatic heterocycles. The monoisotopic (exact) mass is 646 g/mol. The molecule has 4 N–H and O–H groups in total. The molecule has 4 aromatic carbocycles. The van der Waals surface area contributed by atoms with E-state index in [9.17, 15) is 10.2 Å². The minimum absolute atomic E-state index is 0.195. The van der Waals surface area contributed by atoms with Crippen LogP contribution in [0, 0.1) is 0 Å². The number of aromatic amines is 2. The smallest absolute Gasteiger partial charge is 0.115 e. The van der Waals surface area contributed by atoms with Gasteiger partial charge in [0, 0.05) is 44.3 Å². The highest BCUT2D eigenvalue weighted by molar-refractivity contribution is 5.99. The van der Waals surface area contributed by atoms with Crippen LogP contribution in [0.4, 0.5) is 0 Å². The second kappa shape index (κ2) is 12.0. The topological polar surface area (TPSA) is 97.8 Å². The standard InChI is InChI=1S/C44H30N4O2/c49-31-15-11-29(12-16-31)43-37-23-21-35(46-37)41(27-7-3-1-4-8-27)33-19-20-34(45-33)42(28-9-5-2-6-10-28)36-22-24-38(47-36)44(40-26-25-39(43)48-40)30-13-17-32(50)18-14-30/h1-26,46-47,49-50H. The summed E-state index contributed by atoms with van der Waals surface area (Å²) < 4.78 is 0. The Morgan fingerprint density at radius 3 is 0.900 bits per heavy atom. The lowest BCUT2D eigenvalue weighted by Crippen LogP contribution is -1.89. The predicted molar refractivity (Wildman–Crippen MR) is 204 cm³/mol. The number of benzene rings is 4. The van der Waals surface area contributed by atoms with E-state index in [2.05, 4.69) is 70.7 Å². The number of rotatable bonds is 4. The van der Waals surface area contributed by atoms with Crippen molar-refractivity contribution in [2.45, 2.75) is 0 Å². The van der Waals surface area contributed by atoms with Gasteiger partial charge in [0.25, 0.3) is 0 Å². The van der Waals surface area contributed by atoms with Crippen molar-refractivity contribution >= 4 is 46.4 Å². The largest absolute Gasteiger partial charge is 0.508 e. The van der Waals surface area contributed by atoms with E-state index in [1.165, 1.54) is 0 Å². The minimum Gasteiger partial charge on any atom is -0.508 e. The van der Waals surface area contributed by atoms with Crippen LogP contribution >= 0.6 is 0 Å². The zero-order chi connectivity index (χ0) is 33.6. The molecule has 0 spiro atoms. The summed E-state index contributed by atoms with van der Waals surface area (Å²) >= 11 is 0. The summed E-state index contributed by atoms with van der Waals surface area (Å²) in [7, 11) is 0. The van der Waals surface area contributed by atoms with Gasteiger partial charge in [-0.15, -0.1) is 0 Å². The fourth-order valence-corrected chi connectivity index (χ4v) is 6.89. The first-order chi connectivity index (χ1) is 24.6. The zero-order valence-corrected chi connectivity index (χ0v) is 26.8. The van der Waals surface area contributed by atoms with E-state index in [1.807, 2.05) is 72.8 Å². The van der Waals surface area contributed by atoms with Crippen molar-refractivity contribution in [1.29, 1.82) is 0 Å². The van der Waals surface area contributed by atoms with Gasteiger partial charge >= 0.3 is 0 Å². The molecule has 238 valence electrons. The van der Waals surface area contributed by atoms with Gasteiger partial charge in [0.05, 0.1) is 22.8 Å². The van der Waals surface area contributed by atoms with Gasteiger partial charge in [-0.25, -0.2) is 9.97 Å². The second-order valence-corrected chi connectivity index (χ2v) is 12.3. The maximum absolute atomic E-state index is 10.2. The molecule has 2 aliphatic rings. The van der Waals surface area contributed by atoms with Gasteiger partial charge < -0.3 is 20.2 Å². The second-order valence-electron chi connectivity index (χ2n) is 12.3. The van der Waals surface area contributed by atoms with E-state index < -0.39 is 0 Å². The normalized spacial score (nSPS) is 12.0. The molecule has 6 heteroatoms. The average molecular weight is 647 g/mol. The third kappa shape index (κ3) is 5.16. The van der Waals surface area contributed by atoms with Gasteiger partial charge in [-0.3, -0.25) is 0 Å². The van der Waals surface area contributed by atoms with Gasteiger partial charge in [-0.05, 0) is 95.1 Å². The molecule has 0 atom stereocenters. The van der Waals surface area contributed by atoms with E-state index in [-0.39, 0.29) is 11.5 Å². The molecule has 50 heavy (non-hydrogen) atoms. The van der Waals surface area contributed by atoms with Crippen LogP contribution < -0.4 is 0 Å². The number of fused-ring (bicyclic) bond motifs is 8. The highest BCUT2D eigenvalue weighted by Crippen LogP contribution is 2.38. The summed E-state index contributed by atoms with van der Waals surface area (Å²) in [5.74, 6) is 0.390. The number of nitrogens with zero attached hydrogens (tertiary/aromatic N) is 2. The minimum atomic E-state index is 0.195. The lowest BCUT2D eigenvalue weighted by Gasteiger charge is -2.07. The van der Waals surface area contributed by atoms with Gasteiger partial charge in [0.1, 0.15) is 11.5 Å². The lowest BCUT2D eigenvalue weighted by atomic mass is 10.0. The number of H-pyrrole nitrogens is 2. The van der Waals surface area contributed by atoms with Crippen molar-refractivity contribution < 1.29 is 10.2 Å². The van der Waals surface area contributed by atoms with E-state index in [0.717, 1.165) is 89.4 Å². The number of nitrogens with one attached hydrogen (secondary N) is 2. The molecule has 0 aliphatic carbocycles. The molecule has 5 heterocycles. The van der Waals surface area contributed by atoms with Crippen molar-refractivity contribution in [3.63, 3.8) is 0 Å². The Hall–Kier alpha value is -6.92. The Morgan fingerprint density at radius 1 is 0.320 bits per heavy atom. The number of aromatic nitrogens is 4. The number of phenolic OH excluding ortho intramolecular Hbond substituents is 2. The van der Waals surface area contributed by atoms with Crippen LogP contribution in [0.25, 0.3) is 90.9 Å². The van der Waals surface area contributed by atoms with Crippen LogP contribution in [0.1, 0.15) is 22.8 Å². The highest BCUT2D eigenvalue weighted by atomic mass is 16.3. The van der Waals surface area contributed by atoms with Gasteiger partial charge in [-0.2, -0.15) is 0 Å². The number of aromatic hydroxyl groups is 2. The van der Waals surface area contributed by atoms with E-state index in [1.54, 1.807) is 24.3 Å². The Bertz CT molecular complexity index is 2450. The lowest BCUT2D eigenvalue weighted by molar-refractivity contribution is 0.475. The summed E-state index contributed by atoms with van der Waals surface area (Å²) in [5, 5.41) is 20.3. The van der Waals surface area contributed by atoms with Crippen LogP contribution in [-0.2, 0) is 0 Å². The number of hydrogen-bond acceptors (Lipinski definition) is 4. The summed E-state index contributed by atoms with van der Waals surface area (Å²) in [4.78, 5) is 18.0. The van der Waals surface area contributed by atoms with Crippen LogP contribution in [0.5, 0.6) is 11.5 Å². The summed E-state index contributed by atoms with van der Waals surface area (Å²) in [5.41, 5.74) is 14.5. The van der Waals surface area contributed by atoms with E-state index >= 15 is 0 Å². The molecule has 7 aromatic rings. The molecule has 0 saturated heterocycles. The van der Waals surface area contributed by atoms with Gasteiger partial charge in [0.2, 0.25) is 0 Å². The Kier molecular flexibility index (Phi) is 6.99. The first-order valence-electron chi connectivity index (χ1n) is 16.4. The van der Waals surface area contributed by atoms with Crippen molar-refractivity contribution in [2.75, 3.05) is 0 Å². The summed E-state index contributed by atoms with van der Waals surface area (Å²) in [6, 6.07) is 43.4. The van der Waals surface area contributed by atoms with E-state index in [0.29, 0.717) is 0 Å². The van der Waals surface area contributed by atoms with Crippen LogP contribution in [0.2, 0.25) is 0 Å². The van der Waals surface area contributed by atoms with Crippen molar-refractivity contribution in [3.05, 3.63) is 156 Å². The highest BCUT2D eigenvalue weighted by Gasteiger charge is 2.18. The third-order valence-corrected chi connectivity index (χ3v) is 9.19. The number of phenols is 2. The van der Waals surface area contributed by atoms with Crippen LogP contribution in [0.3, 0.4) is 0 Å². The molecule has 0 saturated carbocycles. The fraction of sp³-hybridized carbons (Fsp3) is 0. The molecular formula is C44H30N4O2. The van der Waals surface area contributed by atoms with E-state index in [4.69, 9.17) is 9.97 Å². The predicted octanol–water partition coefficient (Wildman–Crippen LogP) is 10.7. The summed E-state index contributed by atoms with van der Waals surface area (Å²) in [6.45, 7) is 0. The summed E-state index contributed by atoms with van der Waals surface area (Å²) in [6.07, 6.45) is 8.25. The molecule has 0 amide bonds. The molecule has 6 nitrogen and oxygen atoms in total. The third-order valence-electron chi connectivity index (χ3n) is 9.19. The average Bonchev–Trinajstić information content (AvgIpc) is 3.98. The Morgan fingerprint density at radius 2 is 0.600 bits per heavy atom. The maximum atomic E-state index is 10.2. The van der Waals surface area contributed by atoms with Crippen LogP contribution in [0.15, 0.2) is 133 Å². The Balaban J connectivity index is 1.48.